The van der Waals surface area contributed by atoms with Gasteiger partial charge in [-0.15, -0.1) is 0 Å². The number of hydrogen-bond acceptors (Lipinski definition) is 0. The van der Waals surface area contributed by atoms with Crippen LogP contribution in [0.4, 0.5) is 0 Å². The second-order valence-corrected chi connectivity index (χ2v) is 10.2. The maximum absolute atomic E-state index is 3.65. The molecule has 1 heteroatoms. The first-order valence-electron chi connectivity index (χ1n) is 13.5. The number of hydrogen-bond donors (Lipinski definition) is 1. The standard InChI is InChI=1S/C38H25N/c1-2-12-25(13-3-1)37-30-17-7-9-19-32(30)38(33-20-10-8-18-31(33)37)34-23-22-29(27-15-5-6-16-28(27)34)36-24-26-14-4-11-21-35(26)39-36/h1-24,39H. The molecule has 182 valence electrons. The summed E-state index contributed by atoms with van der Waals surface area (Å²) in [5.41, 5.74) is 8.63. The molecule has 8 aromatic rings. The lowest BCUT2D eigenvalue weighted by molar-refractivity contribution is 1.47. The molecule has 0 aliphatic heterocycles. The van der Waals surface area contributed by atoms with E-state index in [0.717, 1.165) is 11.2 Å². The minimum Gasteiger partial charge on any atom is -0.355 e. The zero-order chi connectivity index (χ0) is 25.8. The Morgan fingerprint density at radius 1 is 0.359 bits per heavy atom. The summed E-state index contributed by atoms with van der Waals surface area (Å²) in [4.78, 5) is 3.65. The molecule has 0 saturated heterocycles. The van der Waals surface area contributed by atoms with Crippen molar-refractivity contribution in [2.75, 3.05) is 0 Å². The molecule has 8 rings (SSSR count). The molecule has 1 nitrogen and oxygen atoms in total. The average molecular weight is 496 g/mol. The Morgan fingerprint density at radius 3 is 1.49 bits per heavy atom. The molecule has 7 aromatic carbocycles. The van der Waals surface area contributed by atoms with Gasteiger partial charge in [0.25, 0.3) is 0 Å². The zero-order valence-corrected chi connectivity index (χ0v) is 21.4. The van der Waals surface area contributed by atoms with Crippen LogP contribution in [0.2, 0.25) is 0 Å². The fourth-order valence-corrected chi connectivity index (χ4v) is 6.30. The SMILES string of the molecule is c1ccc(-c2c3ccccc3c(-c3ccc(-c4cc5ccccc5[nH]4)c4ccccc34)c3ccccc23)cc1. The van der Waals surface area contributed by atoms with Crippen molar-refractivity contribution in [3.63, 3.8) is 0 Å². The van der Waals surface area contributed by atoms with Crippen LogP contribution in [-0.4, -0.2) is 4.98 Å². The third-order valence-electron chi connectivity index (χ3n) is 8.01. The maximum atomic E-state index is 3.65. The van der Waals surface area contributed by atoms with Crippen molar-refractivity contribution in [3.05, 3.63) is 146 Å². The molecule has 0 unspecified atom stereocenters. The highest BCUT2D eigenvalue weighted by Crippen LogP contribution is 2.46. The van der Waals surface area contributed by atoms with Crippen LogP contribution in [0.3, 0.4) is 0 Å². The van der Waals surface area contributed by atoms with Crippen LogP contribution in [-0.2, 0) is 0 Å². The number of fused-ring (bicyclic) bond motifs is 4. The molecule has 0 radical (unpaired) electrons. The zero-order valence-electron chi connectivity index (χ0n) is 21.4. The fourth-order valence-electron chi connectivity index (χ4n) is 6.30. The van der Waals surface area contributed by atoms with E-state index in [1.807, 2.05) is 0 Å². The summed E-state index contributed by atoms with van der Waals surface area (Å²) in [7, 11) is 0. The van der Waals surface area contributed by atoms with Gasteiger partial charge in [0.15, 0.2) is 0 Å². The molecule has 0 fully saturated rings. The molecule has 1 heterocycles. The van der Waals surface area contributed by atoms with Gasteiger partial charge in [0.1, 0.15) is 0 Å². The second-order valence-electron chi connectivity index (χ2n) is 10.2. The first kappa shape index (κ1) is 21.9. The first-order valence-corrected chi connectivity index (χ1v) is 13.5. The summed E-state index contributed by atoms with van der Waals surface area (Å²) in [6.45, 7) is 0. The second kappa shape index (κ2) is 8.72. The molecule has 0 saturated carbocycles. The Bertz CT molecular complexity index is 2080. The van der Waals surface area contributed by atoms with Crippen LogP contribution in [0.25, 0.3) is 76.7 Å². The summed E-state index contributed by atoms with van der Waals surface area (Å²) in [6, 6.07) is 52.7. The number of para-hydroxylation sites is 1. The number of rotatable bonds is 3. The van der Waals surface area contributed by atoms with Crippen molar-refractivity contribution in [1.82, 2.24) is 4.98 Å². The lowest BCUT2D eigenvalue weighted by Gasteiger charge is -2.19. The Hall–Kier alpha value is -5.14. The van der Waals surface area contributed by atoms with E-state index in [9.17, 15) is 0 Å². The van der Waals surface area contributed by atoms with Gasteiger partial charge in [-0.3, -0.25) is 0 Å². The third kappa shape index (κ3) is 3.41. The van der Waals surface area contributed by atoms with Gasteiger partial charge >= 0.3 is 0 Å². The van der Waals surface area contributed by atoms with E-state index in [1.165, 1.54) is 65.5 Å². The van der Waals surface area contributed by atoms with Gasteiger partial charge in [-0.2, -0.15) is 0 Å². The largest absolute Gasteiger partial charge is 0.355 e. The van der Waals surface area contributed by atoms with Crippen molar-refractivity contribution in [1.29, 1.82) is 0 Å². The minimum atomic E-state index is 1.15. The van der Waals surface area contributed by atoms with E-state index in [2.05, 4.69) is 151 Å². The molecule has 1 N–H and O–H groups in total. The van der Waals surface area contributed by atoms with Crippen LogP contribution in [0.1, 0.15) is 0 Å². The Balaban J connectivity index is 1.47. The predicted octanol–water partition coefficient (Wildman–Crippen LogP) is 10.6. The molecule has 0 aliphatic carbocycles. The number of aromatic amines is 1. The molecule has 0 bridgehead atoms. The van der Waals surface area contributed by atoms with E-state index < -0.39 is 0 Å². The molecule has 1 aromatic heterocycles. The van der Waals surface area contributed by atoms with Crippen LogP contribution in [0, 0.1) is 0 Å². The smallest absolute Gasteiger partial charge is 0.0471 e. The molecular formula is C38H25N. The van der Waals surface area contributed by atoms with Gasteiger partial charge in [-0.1, -0.05) is 133 Å². The van der Waals surface area contributed by atoms with Crippen molar-refractivity contribution < 1.29 is 0 Å². The summed E-state index contributed by atoms with van der Waals surface area (Å²) < 4.78 is 0. The molecule has 0 spiro atoms. The lowest BCUT2D eigenvalue weighted by Crippen LogP contribution is -1.92. The summed E-state index contributed by atoms with van der Waals surface area (Å²) in [6.07, 6.45) is 0. The van der Waals surface area contributed by atoms with Crippen molar-refractivity contribution in [2.24, 2.45) is 0 Å². The van der Waals surface area contributed by atoms with Gasteiger partial charge in [-0.05, 0) is 66.7 Å². The van der Waals surface area contributed by atoms with E-state index >= 15 is 0 Å². The normalized spacial score (nSPS) is 11.6. The average Bonchev–Trinajstić information content (AvgIpc) is 3.44. The van der Waals surface area contributed by atoms with Crippen LogP contribution < -0.4 is 0 Å². The molecule has 39 heavy (non-hydrogen) atoms. The Kier molecular flexibility index (Phi) is 4.89. The first-order chi connectivity index (χ1) is 19.4. The number of H-pyrrole nitrogens is 1. The highest BCUT2D eigenvalue weighted by atomic mass is 14.7. The Labute approximate surface area is 227 Å². The van der Waals surface area contributed by atoms with Crippen LogP contribution in [0.5, 0.6) is 0 Å². The quantitative estimate of drug-likeness (QED) is 0.235. The highest BCUT2D eigenvalue weighted by Gasteiger charge is 2.19. The van der Waals surface area contributed by atoms with Crippen molar-refractivity contribution in [2.45, 2.75) is 0 Å². The van der Waals surface area contributed by atoms with E-state index in [-0.39, 0.29) is 0 Å². The van der Waals surface area contributed by atoms with Gasteiger partial charge in [-0.25, -0.2) is 0 Å². The predicted molar refractivity (Wildman–Crippen MR) is 167 cm³/mol. The van der Waals surface area contributed by atoms with E-state index in [0.29, 0.717) is 0 Å². The van der Waals surface area contributed by atoms with Gasteiger partial charge in [0.2, 0.25) is 0 Å². The topological polar surface area (TPSA) is 15.8 Å². The number of benzene rings is 7. The summed E-state index contributed by atoms with van der Waals surface area (Å²) >= 11 is 0. The molecule has 0 aliphatic rings. The summed E-state index contributed by atoms with van der Waals surface area (Å²) in [5, 5.41) is 8.85. The Morgan fingerprint density at radius 2 is 0.846 bits per heavy atom. The number of nitrogens with one attached hydrogen (secondary N) is 1. The lowest BCUT2D eigenvalue weighted by atomic mass is 9.84. The monoisotopic (exact) mass is 495 g/mol. The van der Waals surface area contributed by atoms with Gasteiger partial charge in [0.05, 0.1) is 0 Å². The minimum absolute atomic E-state index is 1.15. The highest BCUT2D eigenvalue weighted by molar-refractivity contribution is 6.24. The fraction of sp³-hybridized carbons (Fsp3) is 0. The number of aromatic nitrogens is 1. The van der Waals surface area contributed by atoms with E-state index in [4.69, 9.17) is 0 Å². The maximum Gasteiger partial charge on any atom is 0.0471 e. The van der Waals surface area contributed by atoms with E-state index in [1.54, 1.807) is 0 Å². The van der Waals surface area contributed by atoms with Crippen LogP contribution >= 0.6 is 0 Å². The molecule has 0 atom stereocenters. The third-order valence-corrected chi connectivity index (χ3v) is 8.01. The molecular weight excluding hydrogens is 470 g/mol. The van der Waals surface area contributed by atoms with Crippen LogP contribution in [0.15, 0.2) is 146 Å². The molecule has 0 amide bonds. The van der Waals surface area contributed by atoms with Gasteiger partial charge < -0.3 is 4.98 Å². The van der Waals surface area contributed by atoms with Crippen molar-refractivity contribution >= 4 is 43.2 Å². The van der Waals surface area contributed by atoms with Gasteiger partial charge in [0, 0.05) is 22.2 Å². The van der Waals surface area contributed by atoms with Crippen molar-refractivity contribution in [3.8, 4) is 33.5 Å². The summed E-state index contributed by atoms with van der Waals surface area (Å²) in [5.74, 6) is 0.